The van der Waals surface area contributed by atoms with Crippen LogP contribution in [0.25, 0.3) is 11.1 Å². The fourth-order valence-corrected chi connectivity index (χ4v) is 2.69. The zero-order valence-electron chi connectivity index (χ0n) is 14.5. The van der Waals surface area contributed by atoms with Gasteiger partial charge in [0, 0.05) is 11.3 Å². The molecule has 3 aromatic carbocycles. The van der Waals surface area contributed by atoms with E-state index >= 15 is 0 Å². The first kappa shape index (κ1) is 19.9. The molecule has 8 nitrogen and oxygen atoms in total. The van der Waals surface area contributed by atoms with Crippen LogP contribution in [-0.2, 0) is 6.18 Å². The monoisotopic (exact) mass is 405 g/mol. The van der Waals surface area contributed by atoms with Crippen molar-refractivity contribution in [3.8, 4) is 16.9 Å². The third-order valence-corrected chi connectivity index (χ3v) is 4.17. The fourth-order valence-electron chi connectivity index (χ4n) is 2.69. The number of rotatable bonds is 4. The van der Waals surface area contributed by atoms with Crippen molar-refractivity contribution in [1.29, 1.82) is 0 Å². The molecule has 3 aromatic rings. The second kappa shape index (κ2) is 7.28. The van der Waals surface area contributed by atoms with Crippen LogP contribution in [0.4, 0.5) is 24.5 Å². The summed E-state index contributed by atoms with van der Waals surface area (Å²) < 4.78 is 38.4. The van der Waals surface area contributed by atoms with Crippen LogP contribution in [-0.4, -0.2) is 10.9 Å². The van der Waals surface area contributed by atoms with E-state index < -0.39 is 28.3 Å². The van der Waals surface area contributed by atoms with E-state index in [4.69, 9.17) is 11.7 Å². The van der Waals surface area contributed by atoms with Crippen LogP contribution in [0.1, 0.15) is 11.1 Å². The smallest absolute Gasteiger partial charge is 0.416 e. The maximum absolute atomic E-state index is 12.8. The molecule has 0 saturated heterocycles. The summed E-state index contributed by atoms with van der Waals surface area (Å²) in [5.74, 6) is 9.99. The fraction of sp³-hybridized carbons (Fsp3) is 0.0556. The number of anilines is 2. The Balaban J connectivity index is 2.08. The maximum Gasteiger partial charge on any atom is 0.416 e. The van der Waals surface area contributed by atoms with E-state index in [-0.39, 0.29) is 17.2 Å². The Bertz CT molecular complexity index is 1160. The van der Waals surface area contributed by atoms with Crippen LogP contribution in [0.5, 0.6) is 5.75 Å². The Morgan fingerprint density at radius 2 is 1.66 bits per heavy atom. The maximum atomic E-state index is 12.8. The van der Waals surface area contributed by atoms with Gasteiger partial charge in [-0.2, -0.15) is 18.3 Å². The summed E-state index contributed by atoms with van der Waals surface area (Å²) in [6.07, 6.45) is -4.48. The number of alkyl halides is 3. The van der Waals surface area contributed by atoms with Crippen LogP contribution in [0.3, 0.4) is 0 Å². The van der Waals surface area contributed by atoms with Crippen molar-refractivity contribution in [2.75, 3.05) is 5.32 Å². The molecule has 3 rings (SSSR count). The van der Waals surface area contributed by atoms with Gasteiger partial charge in [0.05, 0.1) is 5.56 Å². The van der Waals surface area contributed by atoms with Gasteiger partial charge in [-0.15, -0.1) is 0 Å². The number of hydrazine groups is 1. The minimum Gasteiger partial charge on any atom is -0.502 e. The molecule has 0 aliphatic heterocycles. The number of hydrazone groups is 1. The Morgan fingerprint density at radius 1 is 1.00 bits per heavy atom. The molecule has 0 aromatic heterocycles. The minimum atomic E-state index is -4.48. The number of nitrogens with two attached hydrogens (primary N) is 2. The van der Waals surface area contributed by atoms with E-state index in [0.717, 1.165) is 12.1 Å². The van der Waals surface area contributed by atoms with Crippen LogP contribution < -0.4 is 33.3 Å². The Labute approximate surface area is 160 Å². The van der Waals surface area contributed by atoms with Gasteiger partial charge in [-0.25, -0.2) is 5.84 Å². The average molecular weight is 405 g/mol. The van der Waals surface area contributed by atoms with Crippen molar-refractivity contribution >= 4 is 17.2 Å². The van der Waals surface area contributed by atoms with E-state index in [2.05, 4.69) is 15.8 Å². The zero-order chi connectivity index (χ0) is 21.3. The molecule has 0 spiro atoms. The molecular weight excluding hydrogens is 391 g/mol. The van der Waals surface area contributed by atoms with Crippen molar-refractivity contribution in [2.24, 2.45) is 16.8 Å². The minimum absolute atomic E-state index is 0.0519. The summed E-state index contributed by atoms with van der Waals surface area (Å²) in [7, 11) is 0. The first-order valence-corrected chi connectivity index (χ1v) is 8.02. The highest BCUT2D eigenvalue weighted by molar-refractivity contribution is 6.00. The molecule has 7 N–H and O–H groups in total. The lowest BCUT2D eigenvalue weighted by Gasteiger charge is -2.14. The van der Waals surface area contributed by atoms with Gasteiger partial charge in [0.15, 0.2) is 11.6 Å². The quantitative estimate of drug-likeness (QED) is 0.146. The standard InChI is InChI=1S/C18H14F3N5O3/c19-18(20,21)11-3-1-8(2-4-11)9-5-10(17(25-22)26-23)7-12(6-9)24-13-14(27)16(29)15(13)28/h1-7,24,27H,22-23H2,(H,25,26). The average Bonchev–Trinajstić information content (AvgIpc) is 2.71. The first-order valence-electron chi connectivity index (χ1n) is 8.02. The summed E-state index contributed by atoms with van der Waals surface area (Å²) in [4.78, 5) is 22.8. The number of amidine groups is 1. The SMILES string of the molecule is N/N=C(\NN)c1cc(Nc2c(O)c(=O)c2=O)cc(-c2ccc(C(F)(F)F)cc2)c1. The van der Waals surface area contributed by atoms with Crippen LogP contribution in [0.2, 0.25) is 0 Å². The van der Waals surface area contributed by atoms with Crippen molar-refractivity contribution in [3.63, 3.8) is 0 Å². The van der Waals surface area contributed by atoms with Crippen LogP contribution in [0, 0.1) is 0 Å². The lowest BCUT2D eigenvalue weighted by molar-refractivity contribution is -0.137. The number of benzene rings is 2. The largest absolute Gasteiger partial charge is 0.502 e. The topological polar surface area (TPSA) is 143 Å². The second-order valence-electron chi connectivity index (χ2n) is 6.00. The molecule has 0 amide bonds. The molecule has 29 heavy (non-hydrogen) atoms. The summed E-state index contributed by atoms with van der Waals surface area (Å²) >= 11 is 0. The Morgan fingerprint density at radius 3 is 2.17 bits per heavy atom. The Kier molecular flexibility index (Phi) is 4.99. The second-order valence-corrected chi connectivity index (χ2v) is 6.00. The Hall–Kier alpha value is -3.86. The summed E-state index contributed by atoms with van der Waals surface area (Å²) in [6.45, 7) is 0. The van der Waals surface area contributed by atoms with E-state index in [0.29, 0.717) is 16.7 Å². The van der Waals surface area contributed by atoms with Gasteiger partial charge < -0.3 is 21.7 Å². The highest BCUT2D eigenvalue weighted by atomic mass is 19.4. The van der Waals surface area contributed by atoms with Crippen molar-refractivity contribution in [3.05, 3.63) is 74.0 Å². The lowest BCUT2D eigenvalue weighted by atomic mass is 10.00. The van der Waals surface area contributed by atoms with Crippen LogP contribution in [0.15, 0.2) is 57.2 Å². The molecule has 0 radical (unpaired) electrons. The molecular formula is C18H14F3N5O3. The van der Waals surface area contributed by atoms with Crippen molar-refractivity contribution in [1.82, 2.24) is 5.43 Å². The lowest BCUT2D eigenvalue weighted by Crippen LogP contribution is -2.33. The third kappa shape index (κ3) is 3.75. The normalized spacial score (nSPS) is 12.2. The molecule has 0 atom stereocenters. The number of nitrogens with one attached hydrogen (secondary N) is 2. The number of nitrogens with zero attached hydrogens (tertiary/aromatic N) is 1. The summed E-state index contributed by atoms with van der Waals surface area (Å²) in [5, 5.41) is 15.6. The molecule has 11 heteroatoms. The number of hydrogen-bond acceptors (Lipinski definition) is 7. The van der Waals surface area contributed by atoms with Crippen molar-refractivity contribution < 1.29 is 18.3 Å². The van der Waals surface area contributed by atoms with Crippen LogP contribution >= 0.6 is 0 Å². The number of hydrogen-bond donors (Lipinski definition) is 5. The summed E-state index contributed by atoms with van der Waals surface area (Å²) in [6, 6.07) is 8.93. The van der Waals surface area contributed by atoms with Gasteiger partial charge in [-0.3, -0.25) is 9.59 Å². The molecule has 0 fully saturated rings. The highest BCUT2D eigenvalue weighted by Gasteiger charge is 2.30. The molecule has 0 saturated carbocycles. The predicted molar refractivity (Wildman–Crippen MR) is 101 cm³/mol. The number of halogens is 3. The van der Waals surface area contributed by atoms with Gasteiger partial charge in [-0.05, 0) is 41.5 Å². The van der Waals surface area contributed by atoms with Gasteiger partial charge in [0.25, 0.3) is 10.9 Å². The van der Waals surface area contributed by atoms with Crippen molar-refractivity contribution in [2.45, 2.75) is 6.18 Å². The molecule has 0 bridgehead atoms. The molecule has 0 aliphatic carbocycles. The molecule has 150 valence electrons. The van der Waals surface area contributed by atoms with E-state index in [1.54, 1.807) is 6.07 Å². The molecule has 0 aliphatic rings. The van der Waals surface area contributed by atoms with Gasteiger partial charge in [0.1, 0.15) is 5.69 Å². The van der Waals surface area contributed by atoms with E-state index in [1.165, 1.54) is 24.3 Å². The zero-order valence-corrected chi connectivity index (χ0v) is 14.5. The number of aromatic hydroxyl groups is 1. The molecule has 0 unspecified atom stereocenters. The highest BCUT2D eigenvalue weighted by Crippen LogP contribution is 2.32. The van der Waals surface area contributed by atoms with E-state index in [9.17, 15) is 27.9 Å². The third-order valence-electron chi connectivity index (χ3n) is 4.17. The van der Waals surface area contributed by atoms with Gasteiger partial charge >= 0.3 is 6.18 Å². The predicted octanol–water partition coefficient (Wildman–Crippen LogP) is 1.50. The van der Waals surface area contributed by atoms with E-state index in [1.807, 2.05) is 0 Å². The summed E-state index contributed by atoms with van der Waals surface area (Å²) in [5.41, 5.74) is 0.711. The molecule has 0 heterocycles. The van der Waals surface area contributed by atoms with Gasteiger partial charge in [0.2, 0.25) is 0 Å². The first-order chi connectivity index (χ1) is 13.7. The van der Waals surface area contributed by atoms with Gasteiger partial charge in [-0.1, -0.05) is 12.1 Å².